The highest BCUT2D eigenvalue weighted by Crippen LogP contribution is 2.24. The molecule has 2 heterocycles. The van der Waals surface area contributed by atoms with Gasteiger partial charge in [-0.15, -0.1) is 0 Å². The number of rotatable bonds is 3. The minimum Gasteiger partial charge on any atom is -0.305 e. The lowest BCUT2D eigenvalue weighted by Crippen LogP contribution is -2.49. The van der Waals surface area contributed by atoms with Gasteiger partial charge in [-0.2, -0.15) is 0 Å². The number of hydrogen-bond donors (Lipinski definition) is 2. The molecule has 2 unspecified atom stereocenters. The summed E-state index contributed by atoms with van der Waals surface area (Å²) in [7, 11) is 4.15. The van der Waals surface area contributed by atoms with Crippen molar-refractivity contribution in [1.82, 2.24) is 20.2 Å². The summed E-state index contributed by atoms with van der Waals surface area (Å²) in [4.78, 5) is 8.30. The molecule has 106 valence electrons. The van der Waals surface area contributed by atoms with Crippen molar-refractivity contribution in [1.29, 1.82) is 0 Å². The molecule has 0 saturated carbocycles. The Bertz CT molecular complexity index is 414. The van der Waals surface area contributed by atoms with E-state index in [1.807, 2.05) is 0 Å². The molecule has 2 atom stereocenters. The monoisotopic (exact) mass is 267 g/mol. The standard InChI is InChI=1S/C13H22FN5/c1-18-6-3-7-19(2)12(9-18)13(17-15)10-4-5-16-8-11(10)14/h4-5,8,12-13,17H,3,6-7,9,15H2,1-2H3. The third kappa shape index (κ3) is 3.27. The summed E-state index contributed by atoms with van der Waals surface area (Å²) >= 11 is 0. The van der Waals surface area contributed by atoms with Crippen molar-refractivity contribution in [2.45, 2.75) is 18.5 Å². The molecule has 0 radical (unpaired) electrons. The molecule has 1 aliphatic rings. The molecule has 2 rings (SSSR count). The molecule has 5 nitrogen and oxygen atoms in total. The van der Waals surface area contributed by atoms with E-state index in [1.54, 1.807) is 12.3 Å². The predicted octanol–water partition coefficient (Wildman–Crippen LogP) is 0.361. The highest BCUT2D eigenvalue weighted by molar-refractivity contribution is 5.19. The number of aromatic nitrogens is 1. The van der Waals surface area contributed by atoms with Crippen molar-refractivity contribution in [2.75, 3.05) is 33.7 Å². The molecule has 1 aromatic heterocycles. The average Bonchev–Trinajstić information content (AvgIpc) is 2.55. The molecule has 1 saturated heterocycles. The molecule has 6 heteroatoms. The number of nitrogens with two attached hydrogens (primary N) is 1. The summed E-state index contributed by atoms with van der Waals surface area (Å²) in [6.45, 7) is 2.89. The summed E-state index contributed by atoms with van der Waals surface area (Å²) in [5.74, 6) is 5.37. The molecule has 3 N–H and O–H groups in total. The van der Waals surface area contributed by atoms with Crippen molar-refractivity contribution in [3.05, 3.63) is 29.8 Å². The Labute approximate surface area is 113 Å². The van der Waals surface area contributed by atoms with Gasteiger partial charge in [0, 0.05) is 24.3 Å². The van der Waals surface area contributed by atoms with E-state index in [2.05, 4.69) is 34.3 Å². The van der Waals surface area contributed by atoms with Crippen LogP contribution in [0.25, 0.3) is 0 Å². The zero-order valence-corrected chi connectivity index (χ0v) is 11.5. The summed E-state index contributed by atoms with van der Waals surface area (Å²) in [6, 6.07) is 1.58. The van der Waals surface area contributed by atoms with Crippen molar-refractivity contribution in [3.8, 4) is 0 Å². The fourth-order valence-corrected chi connectivity index (χ4v) is 2.71. The van der Waals surface area contributed by atoms with Crippen LogP contribution in [0.2, 0.25) is 0 Å². The second-order valence-electron chi connectivity index (χ2n) is 5.21. The lowest BCUT2D eigenvalue weighted by atomic mass is 9.99. The van der Waals surface area contributed by atoms with E-state index in [0.29, 0.717) is 5.56 Å². The fourth-order valence-electron chi connectivity index (χ4n) is 2.71. The van der Waals surface area contributed by atoms with Crippen LogP contribution in [0.15, 0.2) is 18.5 Å². The quantitative estimate of drug-likeness (QED) is 0.612. The van der Waals surface area contributed by atoms with Crippen molar-refractivity contribution in [3.63, 3.8) is 0 Å². The van der Waals surface area contributed by atoms with Gasteiger partial charge in [-0.3, -0.25) is 16.3 Å². The van der Waals surface area contributed by atoms with E-state index in [0.717, 1.165) is 26.1 Å². The van der Waals surface area contributed by atoms with Gasteiger partial charge in [0.1, 0.15) is 5.82 Å². The zero-order valence-electron chi connectivity index (χ0n) is 11.5. The molecule has 0 bridgehead atoms. The lowest BCUT2D eigenvalue weighted by molar-refractivity contribution is 0.176. The normalized spacial score (nSPS) is 24.1. The molecule has 1 aromatic rings. The molecular weight excluding hydrogens is 245 g/mol. The number of hydrazine groups is 1. The SMILES string of the molecule is CN1CCCN(C)C(C(NN)c2ccncc2F)C1. The molecular formula is C13H22FN5. The highest BCUT2D eigenvalue weighted by Gasteiger charge is 2.30. The van der Waals surface area contributed by atoms with Gasteiger partial charge < -0.3 is 9.80 Å². The van der Waals surface area contributed by atoms with Gasteiger partial charge in [-0.1, -0.05) is 0 Å². The van der Waals surface area contributed by atoms with Gasteiger partial charge in [0.25, 0.3) is 0 Å². The van der Waals surface area contributed by atoms with Gasteiger partial charge in [0.05, 0.1) is 12.2 Å². The molecule has 0 aromatic carbocycles. The van der Waals surface area contributed by atoms with Gasteiger partial charge in [0.15, 0.2) is 0 Å². The van der Waals surface area contributed by atoms with E-state index in [9.17, 15) is 4.39 Å². The molecule has 1 fully saturated rings. The Balaban J connectivity index is 2.27. The van der Waals surface area contributed by atoms with E-state index < -0.39 is 0 Å². The number of nitrogens with one attached hydrogen (secondary N) is 1. The molecule has 19 heavy (non-hydrogen) atoms. The molecule has 0 amide bonds. The summed E-state index contributed by atoms with van der Waals surface area (Å²) in [6.07, 6.45) is 3.95. The maximum Gasteiger partial charge on any atom is 0.146 e. The zero-order chi connectivity index (χ0) is 13.8. The Hall–Kier alpha value is -1.08. The Morgan fingerprint density at radius 3 is 2.95 bits per heavy atom. The van der Waals surface area contributed by atoms with Crippen LogP contribution in [-0.4, -0.2) is 54.6 Å². The maximum atomic E-state index is 13.9. The van der Waals surface area contributed by atoms with Crippen LogP contribution in [0, 0.1) is 5.82 Å². The van der Waals surface area contributed by atoms with Gasteiger partial charge in [-0.05, 0) is 39.7 Å². The average molecular weight is 267 g/mol. The Morgan fingerprint density at radius 2 is 2.26 bits per heavy atom. The third-order valence-electron chi connectivity index (χ3n) is 3.82. The molecule has 0 spiro atoms. The van der Waals surface area contributed by atoms with Crippen LogP contribution in [0.5, 0.6) is 0 Å². The first-order valence-electron chi connectivity index (χ1n) is 6.57. The summed E-state index contributed by atoms with van der Waals surface area (Å²) in [5.41, 5.74) is 3.35. The van der Waals surface area contributed by atoms with E-state index in [4.69, 9.17) is 5.84 Å². The first kappa shape index (κ1) is 14.3. The highest BCUT2D eigenvalue weighted by atomic mass is 19.1. The van der Waals surface area contributed by atoms with Crippen LogP contribution in [-0.2, 0) is 0 Å². The van der Waals surface area contributed by atoms with E-state index in [1.165, 1.54) is 6.20 Å². The minimum absolute atomic E-state index is 0.134. The largest absolute Gasteiger partial charge is 0.305 e. The van der Waals surface area contributed by atoms with Crippen molar-refractivity contribution in [2.24, 2.45) is 5.84 Å². The second-order valence-corrected chi connectivity index (χ2v) is 5.21. The minimum atomic E-state index is -0.314. The fraction of sp³-hybridized carbons (Fsp3) is 0.615. The van der Waals surface area contributed by atoms with E-state index in [-0.39, 0.29) is 17.9 Å². The predicted molar refractivity (Wildman–Crippen MR) is 72.8 cm³/mol. The number of nitrogens with zero attached hydrogens (tertiary/aromatic N) is 3. The van der Waals surface area contributed by atoms with Crippen molar-refractivity contribution < 1.29 is 4.39 Å². The summed E-state index contributed by atoms with van der Waals surface area (Å²) < 4.78 is 13.9. The lowest BCUT2D eigenvalue weighted by Gasteiger charge is -2.34. The number of halogens is 1. The smallest absolute Gasteiger partial charge is 0.146 e. The Kier molecular flexibility index (Phi) is 4.81. The second kappa shape index (κ2) is 6.38. The number of likely N-dealkylation sites (N-methyl/N-ethyl adjacent to an activating group) is 2. The third-order valence-corrected chi connectivity index (χ3v) is 3.82. The van der Waals surface area contributed by atoms with Gasteiger partial charge in [0.2, 0.25) is 0 Å². The van der Waals surface area contributed by atoms with Gasteiger partial charge >= 0.3 is 0 Å². The van der Waals surface area contributed by atoms with Crippen LogP contribution in [0.4, 0.5) is 4.39 Å². The topological polar surface area (TPSA) is 57.4 Å². The van der Waals surface area contributed by atoms with Crippen LogP contribution in [0.3, 0.4) is 0 Å². The van der Waals surface area contributed by atoms with Crippen LogP contribution in [0.1, 0.15) is 18.0 Å². The van der Waals surface area contributed by atoms with Crippen LogP contribution < -0.4 is 11.3 Å². The van der Waals surface area contributed by atoms with Crippen LogP contribution >= 0.6 is 0 Å². The Morgan fingerprint density at radius 1 is 1.47 bits per heavy atom. The van der Waals surface area contributed by atoms with Crippen molar-refractivity contribution >= 4 is 0 Å². The summed E-state index contributed by atoms with van der Waals surface area (Å²) in [5, 5.41) is 0. The molecule has 1 aliphatic heterocycles. The number of pyridine rings is 1. The van der Waals surface area contributed by atoms with Gasteiger partial charge in [-0.25, -0.2) is 4.39 Å². The van der Waals surface area contributed by atoms with E-state index >= 15 is 0 Å². The maximum absolute atomic E-state index is 13.9. The first-order valence-corrected chi connectivity index (χ1v) is 6.57. The number of hydrogen-bond acceptors (Lipinski definition) is 5. The first-order chi connectivity index (χ1) is 9.13. The molecule has 0 aliphatic carbocycles.